The normalized spacial score (nSPS) is 11.9. The van der Waals surface area contributed by atoms with Crippen LogP contribution in [0, 0.1) is 0 Å². The van der Waals surface area contributed by atoms with Crippen LogP contribution in [0.5, 0.6) is 5.75 Å². The standard InChI is InChI=1S/C20H23BrN2O3/c1-13(20(25)22-18-8-5-15(6-9-18)14(2)24)23(3)12-16-11-17(21)7-10-19(16)26-4/h5-11,13H,12H2,1-4H3,(H,22,25)/t13-/m1/s1. The minimum absolute atomic E-state index is 0.000975. The van der Waals surface area contributed by atoms with Crippen LogP contribution in [0.1, 0.15) is 29.8 Å². The molecule has 2 aromatic carbocycles. The average molecular weight is 419 g/mol. The summed E-state index contributed by atoms with van der Waals surface area (Å²) in [6.07, 6.45) is 0. The van der Waals surface area contributed by atoms with Gasteiger partial charge in [-0.3, -0.25) is 14.5 Å². The van der Waals surface area contributed by atoms with Crippen LogP contribution in [-0.4, -0.2) is 36.8 Å². The maximum atomic E-state index is 12.5. The summed E-state index contributed by atoms with van der Waals surface area (Å²) in [5, 5.41) is 2.88. The summed E-state index contributed by atoms with van der Waals surface area (Å²) in [5.41, 5.74) is 2.28. The maximum absolute atomic E-state index is 12.5. The van der Waals surface area contributed by atoms with Gasteiger partial charge in [-0.1, -0.05) is 15.9 Å². The SMILES string of the molecule is COc1ccc(Br)cc1CN(C)[C@H](C)C(=O)Nc1ccc(C(C)=O)cc1. The third-order valence-corrected chi connectivity index (χ3v) is 4.76. The van der Waals surface area contributed by atoms with Crippen molar-refractivity contribution in [2.24, 2.45) is 0 Å². The molecular weight excluding hydrogens is 396 g/mol. The summed E-state index contributed by atoms with van der Waals surface area (Å²) < 4.78 is 6.35. The van der Waals surface area contributed by atoms with E-state index in [4.69, 9.17) is 4.74 Å². The van der Waals surface area contributed by atoms with E-state index >= 15 is 0 Å². The third-order valence-electron chi connectivity index (χ3n) is 4.26. The van der Waals surface area contributed by atoms with Crippen molar-refractivity contribution < 1.29 is 14.3 Å². The number of benzene rings is 2. The minimum atomic E-state index is -0.342. The highest BCUT2D eigenvalue weighted by molar-refractivity contribution is 9.10. The molecule has 1 N–H and O–H groups in total. The zero-order valence-corrected chi connectivity index (χ0v) is 17.0. The number of anilines is 1. The Morgan fingerprint density at radius 3 is 2.42 bits per heavy atom. The smallest absolute Gasteiger partial charge is 0.241 e. The Labute approximate surface area is 162 Å². The Bertz CT molecular complexity index is 790. The van der Waals surface area contributed by atoms with Gasteiger partial charge in [-0.05, 0) is 63.4 Å². The number of hydrogen-bond acceptors (Lipinski definition) is 4. The van der Waals surface area contributed by atoms with E-state index in [1.807, 2.05) is 37.1 Å². The first-order chi connectivity index (χ1) is 12.3. The predicted molar refractivity (Wildman–Crippen MR) is 107 cm³/mol. The lowest BCUT2D eigenvalue weighted by Crippen LogP contribution is -2.39. The third kappa shape index (κ3) is 5.16. The van der Waals surface area contributed by atoms with Crippen LogP contribution in [0.15, 0.2) is 46.9 Å². The van der Waals surface area contributed by atoms with E-state index in [9.17, 15) is 9.59 Å². The van der Waals surface area contributed by atoms with Crippen LogP contribution in [0.4, 0.5) is 5.69 Å². The first kappa shape index (κ1) is 20.1. The van der Waals surface area contributed by atoms with Gasteiger partial charge in [-0.25, -0.2) is 0 Å². The molecule has 0 aliphatic heterocycles. The first-order valence-electron chi connectivity index (χ1n) is 8.26. The summed E-state index contributed by atoms with van der Waals surface area (Å²) in [5.74, 6) is 0.670. The first-order valence-corrected chi connectivity index (χ1v) is 9.05. The van der Waals surface area contributed by atoms with Crippen molar-refractivity contribution in [3.8, 4) is 5.75 Å². The Morgan fingerprint density at radius 1 is 1.19 bits per heavy atom. The van der Waals surface area contributed by atoms with Crippen molar-refractivity contribution in [1.29, 1.82) is 0 Å². The van der Waals surface area contributed by atoms with E-state index in [1.165, 1.54) is 6.92 Å². The largest absolute Gasteiger partial charge is 0.496 e. The highest BCUT2D eigenvalue weighted by atomic mass is 79.9. The highest BCUT2D eigenvalue weighted by Crippen LogP contribution is 2.24. The summed E-state index contributed by atoms with van der Waals surface area (Å²) in [6, 6.07) is 12.3. The zero-order valence-electron chi connectivity index (χ0n) is 15.4. The fourth-order valence-corrected chi connectivity index (χ4v) is 2.92. The van der Waals surface area contributed by atoms with Crippen LogP contribution >= 0.6 is 15.9 Å². The molecule has 26 heavy (non-hydrogen) atoms. The number of Topliss-reactive ketones (excluding diaryl/α,β-unsaturated/α-hetero) is 1. The summed E-state index contributed by atoms with van der Waals surface area (Å²) in [4.78, 5) is 25.8. The molecule has 0 unspecified atom stereocenters. The lowest BCUT2D eigenvalue weighted by molar-refractivity contribution is -0.120. The number of hydrogen-bond donors (Lipinski definition) is 1. The van der Waals surface area contributed by atoms with Gasteiger partial charge < -0.3 is 10.1 Å². The van der Waals surface area contributed by atoms with E-state index in [1.54, 1.807) is 31.4 Å². The van der Waals surface area contributed by atoms with Crippen LogP contribution < -0.4 is 10.1 Å². The molecular formula is C20H23BrN2O3. The van der Waals surface area contributed by atoms with Crippen LogP contribution in [-0.2, 0) is 11.3 Å². The van der Waals surface area contributed by atoms with Crippen LogP contribution in [0.25, 0.3) is 0 Å². The minimum Gasteiger partial charge on any atom is -0.496 e. The number of amides is 1. The fraction of sp³-hybridized carbons (Fsp3) is 0.300. The molecule has 138 valence electrons. The lowest BCUT2D eigenvalue weighted by Gasteiger charge is -2.25. The van der Waals surface area contributed by atoms with Crippen LogP contribution in [0.3, 0.4) is 0 Å². The quantitative estimate of drug-likeness (QED) is 0.686. The topological polar surface area (TPSA) is 58.6 Å². The molecule has 0 heterocycles. The van der Waals surface area contributed by atoms with Gasteiger partial charge in [0.15, 0.2) is 5.78 Å². The second-order valence-electron chi connectivity index (χ2n) is 6.17. The molecule has 0 fully saturated rings. The van der Waals surface area contributed by atoms with Gasteiger partial charge in [0.05, 0.1) is 13.2 Å². The number of carbonyl (C=O) groups excluding carboxylic acids is 2. The molecule has 0 aliphatic carbocycles. The number of nitrogens with one attached hydrogen (secondary N) is 1. The predicted octanol–water partition coefficient (Wildman–Crippen LogP) is 4.12. The van der Waals surface area contributed by atoms with Crippen molar-refractivity contribution in [3.05, 3.63) is 58.1 Å². The van der Waals surface area contributed by atoms with E-state index in [-0.39, 0.29) is 17.7 Å². The van der Waals surface area contributed by atoms with E-state index < -0.39 is 0 Å². The zero-order chi connectivity index (χ0) is 19.3. The second-order valence-corrected chi connectivity index (χ2v) is 7.09. The van der Waals surface area contributed by atoms with Gasteiger partial charge in [-0.2, -0.15) is 0 Å². The molecule has 6 heteroatoms. The number of carbonyl (C=O) groups is 2. The molecule has 0 radical (unpaired) electrons. The molecule has 0 bridgehead atoms. The van der Waals surface area contributed by atoms with Crippen molar-refractivity contribution in [3.63, 3.8) is 0 Å². The number of ketones is 1. The number of nitrogens with zero attached hydrogens (tertiary/aromatic N) is 1. The molecule has 1 amide bonds. The Morgan fingerprint density at radius 2 is 1.85 bits per heavy atom. The van der Waals surface area contributed by atoms with Gasteiger partial charge >= 0.3 is 0 Å². The molecule has 0 aliphatic rings. The number of rotatable bonds is 7. The average Bonchev–Trinajstić information content (AvgIpc) is 2.61. The van der Waals surface area contributed by atoms with Gasteiger partial charge in [0.1, 0.15) is 5.75 Å². The Kier molecular flexibility index (Phi) is 6.94. The number of methoxy groups -OCH3 is 1. The van der Waals surface area contributed by atoms with Gasteiger partial charge in [0.25, 0.3) is 0 Å². The molecule has 0 saturated heterocycles. The molecule has 1 atom stereocenters. The second kappa shape index (κ2) is 8.96. The van der Waals surface area contributed by atoms with Gasteiger partial charge in [0.2, 0.25) is 5.91 Å². The number of halogens is 1. The number of ether oxygens (including phenoxy) is 1. The number of likely N-dealkylation sites (N-methyl/N-ethyl adjacent to an activating group) is 1. The Balaban J connectivity index is 2.03. The van der Waals surface area contributed by atoms with Gasteiger partial charge in [-0.15, -0.1) is 0 Å². The van der Waals surface area contributed by atoms with Crippen molar-refractivity contribution in [2.75, 3.05) is 19.5 Å². The van der Waals surface area contributed by atoms with E-state index in [0.717, 1.165) is 15.8 Å². The molecule has 5 nitrogen and oxygen atoms in total. The summed E-state index contributed by atoms with van der Waals surface area (Å²) in [7, 11) is 3.52. The van der Waals surface area contributed by atoms with Crippen molar-refractivity contribution in [2.45, 2.75) is 26.4 Å². The highest BCUT2D eigenvalue weighted by Gasteiger charge is 2.19. The maximum Gasteiger partial charge on any atom is 0.241 e. The molecule has 0 spiro atoms. The van der Waals surface area contributed by atoms with Crippen LogP contribution in [0.2, 0.25) is 0 Å². The monoisotopic (exact) mass is 418 g/mol. The van der Waals surface area contributed by atoms with Crippen molar-refractivity contribution in [1.82, 2.24) is 4.90 Å². The lowest BCUT2D eigenvalue weighted by atomic mass is 10.1. The molecule has 2 aromatic rings. The van der Waals surface area contributed by atoms with Crippen molar-refractivity contribution >= 4 is 33.3 Å². The van der Waals surface area contributed by atoms with E-state index in [2.05, 4.69) is 21.2 Å². The molecule has 2 rings (SSSR count). The fourth-order valence-electron chi connectivity index (χ4n) is 2.51. The summed E-state index contributed by atoms with van der Waals surface area (Å²) in [6.45, 7) is 3.94. The van der Waals surface area contributed by atoms with E-state index in [0.29, 0.717) is 17.8 Å². The van der Waals surface area contributed by atoms with Gasteiger partial charge in [0, 0.05) is 27.8 Å². The Hall–Kier alpha value is -2.18. The molecule has 0 aromatic heterocycles. The molecule has 0 saturated carbocycles. The summed E-state index contributed by atoms with van der Waals surface area (Å²) >= 11 is 3.46.